The highest BCUT2D eigenvalue weighted by molar-refractivity contribution is 6.27. The number of piperidine rings is 1. The lowest BCUT2D eigenvalue weighted by Crippen LogP contribution is -2.42. The van der Waals surface area contributed by atoms with Crippen molar-refractivity contribution in [2.24, 2.45) is 5.92 Å². The quantitative estimate of drug-likeness (QED) is 0.342. The minimum Gasteiger partial charge on any atom is -0.504 e. The highest BCUT2D eigenvalue weighted by atomic mass is 16.5. The van der Waals surface area contributed by atoms with E-state index in [0.717, 1.165) is 50.0 Å². The van der Waals surface area contributed by atoms with Gasteiger partial charge in [0.15, 0.2) is 11.5 Å². The number of carboxylic acids is 2. The minimum atomic E-state index is -1.82. The summed E-state index contributed by atoms with van der Waals surface area (Å²) in [5.74, 6) is -2.65. The normalized spacial score (nSPS) is 13.5. The zero-order valence-electron chi connectivity index (χ0n) is 22.6. The number of carboxylic acid groups (broad SMARTS) is 2. The van der Waals surface area contributed by atoms with Crippen molar-refractivity contribution in [3.05, 3.63) is 95.6 Å². The van der Waals surface area contributed by atoms with E-state index in [1.165, 1.54) is 5.56 Å². The fourth-order valence-corrected chi connectivity index (χ4v) is 4.68. The number of methoxy groups -OCH3 is 1. The molecule has 1 aliphatic heterocycles. The van der Waals surface area contributed by atoms with Crippen LogP contribution in [0.5, 0.6) is 11.5 Å². The molecule has 212 valence electrons. The molecule has 0 radical (unpaired) electrons. The Kier molecular flexibility index (Phi) is 11.5. The molecular weight excluding hydrogens is 512 g/mol. The van der Waals surface area contributed by atoms with E-state index in [2.05, 4.69) is 41.3 Å². The van der Waals surface area contributed by atoms with Gasteiger partial charge in [-0.2, -0.15) is 0 Å². The molecular formula is C31H36N2O7. The Hall–Kier alpha value is -4.37. The van der Waals surface area contributed by atoms with Gasteiger partial charge in [0.2, 0.25) is 5.91 Å². The van der Waals surface area contributed by atoms with Crippen LogP contribution >= 0.6 is 0 Å². The molecule has 0 aliphatic carbocycles. The number of rotatable bonds is 9. The molecule has 4 rings (SSSR count). The number of para-hydroxylation sites is 1. The second-order valence-corrected chi connectivity index (χ2v) is 9.61. The summed E-state index contributed by atoms with van der Waals surface area (Å²) >= 11 is 0. The molecule has 9 nitrogen and oxygen atoms in total. The standard InChI is InChI=1S/C29H34N2O3.C2H2O4/c1-34-27-14-8-13-26(28(27)32)22-30-18-16-25(17-19-30)29(33)31(21-24-11-6-3-7-12-24)20-15-23-9-4-2-5-10-23;3-1(4)2(5)6/h2-14,25,32H,15-22H2,1H3;(H,3,4)(H,5,6). The molecule has 0 aromatic heterocycles. The molecule has 1 aliphatic rings. The number of benzene rings is 3. The van der Waals surface area contributed by atoms with Crippen LogP contribution in [0.4, 0.5) is 0 Å². The highest BCUT2D eigenvalue weighted by Crippen LogP contribution is 2.31. The molecule has 1 fully saturated rings. The van der Waals surface area contributed by atoms with Crippen molar-refractivity contribution < 1.29 is 34.4 Å². The average molecular weight is 549 g/mol. The summed E-state index contributed by atoms with van der Waals surface area (Å²) in [4.78, 5) is 36.1. The van der Waals surface area contributed by atoms with Crippen molar-refractivity contribution >= 4 is 17.8 Å². The SMILES string of the molecule is COc1cccc(CN2CCC(C(=O)N(CCc3ccccc3)Cc3ccccc3)CC2)c1O.O=C(O)C(=O)O. The number of carbonyl (C=O) groups is 3. The summed E-state index contributed by atoms with van der Waals surface area (Å²) in [6, 6.07) is 26.2. The third-order valence-corrected chi connectivity index (χ3v) is 6.86. The number of nitrogens with zero attached hydrogens (tertiary/aromatic N) is 2. The van der Waals surface area contributed by atoms with Gasteiger partial charge >= 0.3 is 11.9 Å². The molecule has 0 bridgehead atoms. The highest BCUT2D eigenvalue weighted by Gasteiger charge is 2.29. The van der Waals surface area contributed by atoms with Crippen molar-refractivity contribution in [2.45, 2.75) is 32.4 Å². The fourth-order valence-electron chi connectivity index (χ4n) is 4.68. The van der Waals surface area contributed by atoms with Crippen LogP contribution in [-0.2, 0) is 33.9 Å². The predicted octanol–water partition coefficient (Wildman–Crippen LogP) is 4.04. The van der Waals surface area contributed by atoms with Crippen molar-refractivity contribution in [3.63, 3.8) is 0 Å². The second kappa shape index (κ2) is 15.3. The first-order chi connectivity index (χ1) is 19.3. The first-order valence-corrected chi connectivity index (χ1v) is 13.2. The Balaban J connectivity index is 0.000000663. The zero-order chi connectivity index (χ0) is 28.9. The Morgan fingerprint density at radius 1 is 0.850 bits per heavy atom. The largest absolute Gasteiger partial charge is 0.504 e. The molecule has 3 N–H and O–H groups in total. The molecule has 1 heterocycles. The van der Waals surface area contributed by atoms with E-state index in [0.29, 0.717) is 18.8 Å². The van der Waals surface area contributed by atoms with Crippen LogP contribution in [0.25, 0.3) is 0 Å². The maximum Gasteiger partial charge on any atom is 0.414 e. The molecule has 40 heavy (non-hydrogen) atoms. The monoisotopic (exact) mass is 548 g/mol. The lowest BCUT2D eigenvalue weighted by molar-refractivity contribution is -0.159. The molecule has 0 unspecified atom stereocenters. The van der Waals surface area contributed by atoms with E-state index in [-0.39, 0.29) is 17.6 Å². The predicted molar refractivity (Wildman–Crippen MR) is 150 cm³/mol. The molecule has 0 spiro atoms. The summed E-state index contributed by atoms with van der Waals surface area (Å²) < 4.78 is 5.23. The maximum atomic E-state index is 13.6. The topological polar surface area (TPSA) is 128 Å². The van der Waals surface area contributed by atoms with Gasteiger partial charge in [-0.3, -0.25) is 9.69 Å². The Labute approximate surface area is 234 Å². The van der Waals surface area contributed by atoms with Gasteiger partial charge in [0.05, 0.1) is 7.11 Å². The van der Waals surface area contributed by atoms with Crippen LogP contribution in [0, 0.1) is 5.92 Å². The number of hydrogen-bond acceptors (Lipinski definition) is 6. The van der Waals surface area contributed by atoms with Gasteiger partial charge < -0.3 is 25.0 Å². The van der Waals surface area contributed by atoms with E-state index >= 15 is 0 Å². The van der Waals surface area contributed by atoms with Crippen LogP contribution in [0.3, 0.4) is 0 Å². The lowest BCUT2D eigenvalue weighted by atomic mass is 9.94. The fraction of sp³-hybridized carbons (Fsp3) is 0.323. The van der Waals surface area contributed by atoms with E-state index in [1.807, 2.05) is 41.3 Å². The summed E-state index contributed by atoms with van der Waals surface area (Å²) in [7, 11) is 1.56. The molecule has 3 aromatic rings. The van der Waals surface area contributed by atoms with Gasteiger partial charge in [0, 0.05) is 31.1 Å². The smallest absolute Gasteiger partial charge is 0.414 e. The van der Waals surface area contributed by atoms with E-state index in [4.69, 9.17) is 24.5 Å². The summed E-state index contributed by atoms with van der Waals surface area (Å²) in [6.45, 7) is 3.70. The molecule has 9 heteroatoms. The first-order valence-electron chi connectivity index (χ1n) is 13.2. The number of carbonyl (C=O) groups excluding carboxylic acids is 1. The van der Waals surface area contributed by atoms with Gasteiger partial charge in [-0.25, -0.2) is 9.59 Å². The number of aromatic hydroxyl groups is 1. The van der Waals surface area contributed by atoms with Crippen molar-refractivity contribution in [1.82, 2.24) is 9.80 Å². The number of phenolic OH excluding ortho intramolecular Hbond substituents is 1. The summed E-state index contributed by atoms with van der Waals surface area (Å²) in [5.41, 5.74) is 3.27. The number of ether oxygens (including phenoxy) is 1. The minimum absolute atomic E-state index is 0.0367. The van der Waals surface area contributed by atoms with Crippen LogP contribution in [-0.4, -0.2) is 69.7 Å². The Bertz CT molecular complexity index is 1230. The van der Waals surface area contributed by atoms with Crippen LogP contribution in [0.2, 0.25) is 0 Å². The van der Waals surface area contributed by atoms with Crippen molar-refractivity contribution in [1.29, 1.82) is 0 Å². The summed E-state index contributed by atoms with van der Waals surface area (Å²) in [6.07, 6.45) is 2.52. The first kappa shape index (κ1) is 30.2. The number of hydrogen-bond donors (Lipinski definition) is 3. The third kappa shape index (κ3) is 9.13. The number of phenols is 1. The van der Waals surface area contributed by atoms with Gasteiger partial charge in [0.25, 0.3) is 0 Å². The lowest BCUT2D eigenvalue weighted by Gasteiger charge is -2.34. The molecule has 0 atom stereocenters. The molecule has 0 saturated carbocycles. The zero-order valence-corrected chi connectivity index (χ0v) is 22.6. The van der Waals surface area contributed by atoms with Crippen LogP contribution < -0.4 is 4.74 Å². The number of likely N-dealkylation sites (tertiary alicyclic amines) is 1. The average Bonchev–Trinajstić information content (AvgIpc) is 2.97. The van der Waals surface area contributed by atoms with E-state index < -0.39 is 11.9 Å². The van der Waals surface area contributed by atoms with E-state index in [1.54, 1.807) is 13.2 Å². The third-order valence-electron chi connectivity index (χ3n) is 6.86. The maximum absolute atomic E-state index is 13.6. The van der Waals surface area contributed by atoms with Gasteiger partial charge in [0.1, 0.15) is 0 Å². The Morgan fingerprint density at radius 2 is 1.43 bits per heavy atom. The van der Waals surface area contributed by atoms with Gasteiger partial charge in [-0.15, -0.1) is 0 Å². The van der Waals surface area contributed by atoms with Gasteiger partial charge in [-0.1, -0.05) is 72.8 Å². The molecule has 1 amide bonds. The van der Waals surface area contributed by atoms with Crippen LogP contribution in [0.1, 0.15) is 29.5 Å². The number of amides is 1. The van der Waals surface area contributed by atoms with Gasteiger partial charge in [-0.05, 0) is 49.5 Å². The Morgan fingerprint density at radius 3 is 1.98 bits per heavy atom. The number of aliphatic carboxylic acids is 2. The second-order valence-electron chi connectivity index (χ2n) is 9.61. The van der Waals surface area contributed by atoms with E-state index in [9.17, 15) is 9.90 Å². The van der Waals surface area contributed by atoms with Crippen molar-refractivity contribution in [3.8, 4) is 11.5 Å². The molecule has 3 aromatic carbocycles. The molecule has 1 saturated heterocycles. The summed E-state index contributed by atoms with van der Waals surface area (Å²) in [5, 5.41) is 25.2. The van der Waals surface area contributed by atoms with Crippen LogP contribution in [0.15, 0.2) is 78.9 Å². The van der Waals surface area contributed by atoms with Crippen molar-refractivity contribution in [2.75, 3.05) is 26.7 Å².